The minimum absolute atomic E-state index is 0.0257. The van der Waals surface area contributed by atoms with Crippen LogP contribution >= 0.6 is 22.9 Å². The number of fused-ring (bicyclic) bond motifs is 2. The van der Waals surface area contributed by atoms with Gasteiger partial charge in [-0.15, -0.1) is 11.3 Å². The largest absolute Gasteiger partial charge is 0.381 e. The number of benzene rings is 1. The van der Waals surface area contributed by atoms with Crippen LogP contribution in [0.1, 0.15) is 34.6 Å². The number of amides is 1. The van der Waals surface area contributed by atoms with Crippen LogP contribution in [0, 0.1) is 0 Å². The number of H-pyrrole nitrogens is 2. The van der Waals surface area contributed by atoms with E-state index in [1.807, 2.05) is 48.6 Å². The number of carbonyl (C=O) groups excluding carboxylic acids is 1. The molecule has 8 nitrogen and oxygen atoms in total. The van der Waals surface area contributed by atoms with Gasteiger partial charge in [-0.1, -0.05) is 11.6 Å². The maximum atomic E-state index is 13.1. The SMILES string of the molecule is C[C@H](CN1Cc2cc3nc(-c4c(N[C@@H](C)Cc5sccc5Cl)cc[nH]c4=O)[nH]c3cc2C1=O)N(C)C. The van der Waals surface area contributed by atoms with E-state index >= 15 is 0 Å². The number of thiophene rings is 1. The van der Waals surface area contributed by atoms with Gasteiger partial charge in [0.05, 0.1) is 21.7 Å². The van der Waals surface area contributed by atoms with Gasteiger partial charge < -0.3 is 25.1 Å². The van der Waals surface area contributed by atoms with Crippen LogP contribution in [-0.4, -0.2) is 63.4 Å². The summed E-state index contributed by atoms with van der Waals surface area (Å²) in [6, 6.07) is 7.84. The highest BCUT2D eigenvalue weighted by molar-refractivity contribution is 7.10. The number of hydrogen-bond acceptors (Lipinski definition) is 6. The summed E-state index contributed by atoms with van der Waals surface area (Å²) in [6.07, 6.45) is 2.36. The van der Waals surface area contributed by atoms with Crippen LogP contribution in [0.25, 0.3) is 22.4 Å². The number of aromatic amines is 2. The Bertz CT molecular complexity index is 1490. The summed E-state index contributed by atoms with van der Waals surface area (Å²) in [6.45, 7) is 5.38. The molecule has 0 spiro atoms. The number of likely N-dealkylation sites (N-methyl/N-ethyl adjacent to an activating group) is 1. The van der Waals surface area contributed by atoms with Crippen molar-refractivity contribution in [2.24, 2.45) is 0 Å². The molecule has 0 saturated heterocycles. The van der Waals surface area contributed by atoms with Crippen molar-refractivity contribution < 1.29 is 4.79 Å². The molecule has 1 aromatic carbocycles. The van der Waals surface area contributed by atoms with E-state index in [0.29, 0.717) is 35.7 Å². The highest BCUT2D eigenvalue weighted by atomic mass is 35.5. The molecule has 5 rings (SSSR count). The van der Waals surface area contributed by atoms with Gasteiger partial charge in [0, 0.05) is 48.2 Å². The minimum Gasteiger partial charge on any atom is -0.381 e. The highest BCUT2D eigenvalue weighted by Crippen LogP contribution is 2.31. The van der Waals surface area contributed by atoms with E-state index < -0.39 is 0 Å². The van der Waals surface area contributed by atoms with Crippen LogP contribution in [-0.2, 0) is 13.0 Å². The summed E-state index contributed by atoms with van der Waals surface area (Å²) >= 11 is 7.89. The average molecular weight is 525 g/mol. The maximum absolute atomic E-state index is 13.1. The Morgan fingerprint density at radius 1 is 1.25 bits per heavy atom. The third kappa shape index (κ3) is 4.66. The third-order valence-electron chi connectivity index (χ3n) is 6.73. The molecule has 3 aromatic heterocycles. The first-order valence-electron chi connectivity index (χ1n) is 11.9. The number of nitrogens with one attached hydrogen (secondary N) is 3. The lowest BCUT2D eigenvalue weighted by molar-refractivity contribution is 0.0739. The first kappa shape index (κ1) is 24.5. The fourth-order valence-corrected chi connectivity index (χ4v) is 5.77. The summed E-state index contributed by atoms with van der Waals surface area (Å²) in [5.41, 5.74) is 3.98. The Labute approximate surface area is 218 Å². The molecule has 1 aliphatic heterocycles. The van der Waals surface area contributed by atoms with E-state index in [-0.39, 0.29) is 23.6 Å². The third-order valence-corrected chi connectivity index (χ3v) is 8.14. The van der Waals surface area contributed by atoms with Gasteiger partial charge >= 0.3 is 0 Å². The molecule has 3 N–H and O–H groups in total. The van der Waals surface area contributed by atoms with E-state index in [1.54, 1.807) is 17.5 Å². The topological polar surface area (TPSA) is 97.1 Å². The zero-order chi connectivity index (χ0) is 25.6. The number of imidazole rings is 1. The quantitative estimate of drug-likeness (QED) is 0.313. The second-order valence-corrected chi connectivity index (χ2v) is 11.1. The molecule has 36 heavy (non-hydrogen) atoms. The number of aromatic nitrogens is 3. The molecule has 0 unspecified atom stereocenters. The molecule has 1 amide bonds. The number of halogens is 1. The summed E-state index contributed by atoms with van der Waals surface area (Å²) in [5, 5.41) is 6.18. The number of hydrogen-bond donors (Lipinski definition) is 3. The van der Waals surface area contributed by atoms with Crippen LogP contribution in [0.3, 0.4) is 0 Å². The Kier molecular flexibility index (Phi) is 6.63. The molecular weight excluding hydrogens is 496 g/mol. The number of pyridine rings is 1. The standard InChI is InChI=1S/C26H29ClN6O2S/c1-14(9-22-18(27)6-8-36-22)29-19-5-7-28-25(34)23(19)24-30-20-10-16-13-33(12-15(2)32(3)4)26(35)17(16)11-21(20)31-24/h5-8,10-11,14-15H,9,12-13H2,1-4H3,(H,30,31)(H2,28,29,34)/t14-,15+/m0/s1. The van der Waals surface area contributed by atoms with Crippen molar-refractivity contribution in [3.05, 3.63) is 67.2 Å². The van der Waals surface area contributed by atoms with Crippen molar-refractivity contribution in [1.82, 2.24) is 24.8 Å². The molecule has 0 fully saturated rings. The molecule has 188 valence electrons. The molecular formula is C26H29ClN6O2S. The summed E-state index contributed by atoms with van der Waals surface area (Å²) in [4.78, 5) is 41.8. The lowest BCUT2D eigenvalue weighted by Gasteiger charge is -2.25. The van der Waals surface area contributed by atoms with Crippen LogP contribution in [0.5, 0.6) is 0 Å². The summed E-state index contributed by atoms with van der Waals surface area (Å²) in [5.74, 6) is 0.489. The van der Waals surface area contributed by atoms with Gasteiger partial charge in [-0.05, 0) is 63.2 Å². The number of rotatable bonds is 8. The Morgan fingerprint density at radius 2 is 2.06 bits per heavy atom. The minimum atomic E-state index is -0.243. The van der Waals surface area contributed by atoms with Gasteiger partial charge in [0.2, 0.25) is 0 Å². The zero-order valence-corrected chi connectivity index (χ0v) is 22.3. The Hall–Kier alpha value is -3.14. The highest BCUT2D eigenvalue weighted by Gasteiger charge is 2.30. The van der Waals surface area contributed by atoms with E-state index in [1.165, 1.54) is 0 Å². The predicted molar refractivity (Wildman–Crippen MR) is 146 cm³/mol. The van der Waals surface area contributed by atoms with Crippen LogP contribution in [0.2, 0.25) is 5.02 Å². The molecule has 0 saturated carbocycles. The van der Waals surface area contributed by atoms with Gasteiger partial charge in [-0.2, -0.15) is 0 Å². The van der Waals surface area contributed by atoms with E-state index in [0.717, 1.165) is 32.9 Å². The number of anilines is 1. The molecule has 10 heteroatoms. The lowest BCUT2D eigenvalue weighted by Crippen LogP contribution is -2.38. The van der Waals surface area contributed by atoms with Crippen molar-refractivity contribution in [3.8, 4) is 11.4 Å². The van der Waals surface area contributed by atoms with E-state index in [9.17, 15) is 9.59 Å². The fourth-order valence-electron chi connectivity index (χ4n) is 4.53. The van der Waals surface area contributed by atoms with Gasteiger partial charge in [-0.3, -0.25) is 9.59 Å². The van der Waals surface area contributed by atoms with Gasteiger partial charge in [0.1, 0.15) is 11.4 Å². The first-order chi connectivity index (χ1) is 17.2. The fraction of sp³-hybridized carbons (Fsp3) is 0.346. The molecule has 1 aliphatic rings. The molecule has 4 heterocycles. The van der Waals surface area contributed by atoms with Crippen molar-refractivity contribution in [3.63, 3.8) is 0 Å². The molecule has 2 atom stereocenters. The Balaban J connectivity index is 1.43. The number of nitrogens with zero attached hydrogens (tertiary/aromatic N) is 3. The van der Waals surface area contributed by atoms with Crippen LogP contribution in [0.15, 0.2) is 40.6 Å². The van der Waals surface area contributed by atoms with Crippen molar-refractivity contribution in [2.45, 2.75) is 38.9 Å². The first-order valence-corrected chi connectivity index (χ1v) is 13.2. The number of carbonyl (C=O) groups is 1. The monoisotopic (exact) mass is 524 g/mol. The van der Waals surface area contributed by atoms with E-state index in [2.05, 4.69) is 34.0 Å². The zero-order valence-electron chi connectivity index (χ0n) is 20.7. The van der Waals surface area contributed by atoms with Crippen LogP contribution < -0.4 is 10.9 Å². The molecule has 0 radical (unpaired) electrons. The summed E-state index contributed by atoms with van der Waals surface area (Å²) < 4.78 is 0. The molecule has 4 aromatic rings. The predicted octanol–water partition coefficient (Wildman–Crippen LogP) is 4.58. The second-order valence-electron chi connectivity index (χ2n) is 9.65. The van der Waals surface area contributed by atoms with Crippen molar-refractivity contribution in [2.75, 3.05) is 26.0 Å². The Morgan fingerprint density at radius 3 is 2.78 bits per heavy atom. The summed E-state index contributed by atoms with van der Waals surface area (Å²) in [7, 11) is 4.03. The normalized spacial score (nSPS) is 15.1. The maximum Gasteiger partial charge on any atom is 0.261 e. The van der Waals surface area contributed by atoms with Gasteiger partial charge in [0.25, 0.3) is 11.5 Å². The van der Waals surface area contributed by atoms with Crippen molar-refractivity contribution >= 4 is 45.6 Å². The van der Waals surface area contributed by atoms with Gasteiger partial charge in [-0.25, -0.2) is 4.98 Å². The van der Waals surface area contributed by atoms with Crippen LogP contribution in [0.4, 0.5) is 5.69 Å². The van der Waals surface area contributed by atoms with Crippen molar-refractivity contribution in [1.29, 1.82) is 0 Å². The average Bonchev–Trinajstić information content (AvgIpc) is 3.50. The lowest BCUT2D eigenvalue weighted by atomic mass is 10.1. The smallest absolute Gasteiger partial charge is 0.261 e. The molecule has 0 aliphatic carbocycles. The second kappa shape index (κ2) is 9.72. The van der Waals surface area contributed by atoms with E-state index in [4.69, 9.17) is 16.6 Å². The van der Waals surface area contributed by atoms with Gasteiger partial charge in [0.15, 0.2) is 0 Å². The molecule has 0 bridgehead atoms.